The van der Waals surface area contributed by atoms with Gasteiger partial charge in [-0.25, -0.2) is 0 Å². The van der Waals surface area contributed by atoms with E-state index in [9.17, 15) is 0 Å². The molecule has 2 heteroatoms. The summed E-state index contributed by atoms with van der Waals surface area (Å²) in [6, 6.07) is 0. The summed E-state index contributed by atoms with van der Waals surface area (Å²) in [6.45, 7) is 6.63. The third kappa shape index (κ3) is 1.06. The molecule has 66 valence electrons. The fourth-order valence-corrected chi connectivity index (χ4v) is 1.54. The van der Waals surface area contributed by atoms with Gasteiger partial charge >= 0.3 is 0 Å². The molecule has 0 atom stereocenters. The van der Waals surface area contributed by atoms with Crippen molar-refractivity contribution in [3.63, 3.8) is 0 Å². The average molecular weight is 165 g/mol. The molecular formula is C10H15NO. The first-order valence-electron chi connectivity index (χ1n) is 4.58. The Morgan fingerprint density at radius 3 is 2.67 bits per heavy atom. The van der Waals surface area contributed by atoms with Crippen LogP contribution in [-0.4, -0.2) is 5.16 Å². The molecule has 0 N–H and O–H groups in total. The first kappa shape index (κ1) is 7.84. The highest BCUT2D eigenvalue weighted by Gasteiger charge is 2.43. The van der Waals surface area contributed by atoms with E-state index in [1.54, 1.807) is 6.26 Å². The largest absolute Gasteiger partial charge is 0.364 e. The topological polar surface area (TPSA) is 26.0 Å². The highest BCUT2D eigenvalue weighted by molar-refractivity contribution is 5.30. The van der Waals surface area contributed by atoms with E-state index in [0.29, 0.717) is 11.3 Å². The molecule has 0 amide bonds. The predicted octanol–water partition coefficient (Wildman–Crippen LogP) is 2.85. The van der Waals surface area contributed by atoms with Gasteiger partial charge in [-0.2, -0.15) is 0 Å². The van der Waals surface area contributed by atoms with Gasteiger partial charge in [-0.1, -0.05) is 25.9 Å². The van der Waals surface area contributed by atoms with Crippen LogP contribution in [0.5, 0.6) is 0 Å². The molecule has 1 aromatic rings. The zero-order chi connectivity index (χ0) is 8.77. The Labute approximate surface area is 72.9 Å². The monoisotopic (exact) mass is 165 g/mol. The SMILES string of the molecule is CC(C)c1conc1C1(C)CC1. The van der Waals surface area contributed by atoms with Gasteiger partial charge in [0.25, 0.3) is 0 Å². The van der Waals surface area contributed by atoms with Crippen LogP contribution >= 0.6 is 0 Å². The molecule has 0 unspecified atom stereocenters. The number of hydrogen-bond donors (Lipinski definition) is 0. The molecular weight excluding hydrogens is 150 g/mol. The van der Waals surface area contributed by atoms with Crippen molar-refractivity contribution in [1.29, 1.82) is 0 Å². The first-order valence-corrected chi connectivity index (χ1v) is 4.58. The molecule has 1 heterocycles. The van der Waals surface area contributed by atoms with Crippen molar-refractivity contribution < 1.29 is 4.52 Å². The molecule has 0 saturated heterocycles. The fourth-order valence-electron chi connectivity index (χ4n) is 1.54. The fraction of sp³-hybridized carbons (Fsp3) is 0.700. The molecule has 0 spiro atoms. The second-order valence-corrected chi connectivity index (χ2v) is 4.33. The maximum absolute atomic E-state index is 5.02. The Hall–Kier alpha value is -0.790. The van der Waals surface area contributed by atoms with E-state index in [1.807, 2.05) is 0 Å². The lowest BCUT2D eigenvalue weighted by atomic mass is 9.95. The van der Waals surface area contributed by atoms with E-state index < -0.39 is 0 Å². The van der Waals surface area contributed by atoms with E-state index in [0.717, 1.165) is 0 Å². The lowest BCUT2D eigenvalue weighted by molar-refractivity contribution is 0.404. The highest BCUT2D eigenvalue weighted by Crippen LogP contribution is 2.49. The number of hydrogen-bond acceptors (Lipinski definition) is 2. The zero-order valence-electron chi connectivity index (χ0n) is 7.92. The molecule has 0 aromatic carbocycles. The van der Waals surface area contributed by atoms with Crippen molar-refractivity contribution >= 4 is 0 Å². The van der Waals surface area contributed by atoms with Gasteiger partial charge < -0.3 is 4.52 Å². The van der Waals surface area contributed by atoms with E-state index >= 15 is 0 Å². The van der Waals surface area contributed by atoms with E-state index in [1.165, 1.54) is 24.1 Å². The van der Waals surface area contributed by atoms with Crippen LogP contribution in [0.1, 0.15) is 50.8 Å². The van der Waals surface area contributed by atoms with Gasteiger partial charge in [-0.3, -0.25) is 0 Å². The van der Waals surface area contributed by atoms with Gasteiger partial charge in [0.05, 0.1) is 5.69 Å². The minimum absolute atomic E-state index is 0.340. The van der Waals surface area contributed by atoms with Crippen LogP contribution in [-0.2, 0) is 5.41 Å². The molecule has 1 aromatic heterocycles. The van der Waals surface area contributed by atoms with Crippen LogP contribution in [0.4, 0.5) is 0 Å². The molecule has 0 aliphatic heterocycles. The second-order valence-electron chi connectivity index (χ2n) is 4.33. The minimum atomic E-state index is 0.340. The number of nitrogens with zero attached hydrogens (tertiary/aromatic N) is 1. The van der Waals surface area contributed by atoms with Crippen molar-refractivity contribution in [3.8, 4) is 0 Å². The Balaban J connectivity index is 2.37. The minimum Gasteiger partial charge on any atom is -0.364 e. The summed E-state index contributed by atoms with van der Waals surface area (Å²) in [4.78, 5) is 0. The molecule has 1 aliphatic rings. The standard InChI is InChI=1S/C10H15NO/c1-7(2)8-6-12-11-9(8)10(3)4-5-10/h6-7H,4-5H2,1-3H3. The summed E-state index contributed by atoms with van der Waals surface area (Å²) < 4.78 is 5.02. The summed E-state index contributed by atoms with van der Waals surface area (Å²) in [5.74, 6) is 0.531. The maximum atomic E-state index is 5.02. The third-order valence-electron chi connectivity index (χ3n) is 2.79. The molecule has 1 aliphatic carbocycles. The van der Waals surface area contributed by atoms with Crippen LogP contribution in [0.2, 0.25) is 0 Å². The molecule has 2 rings (SSSR count). The van der Waals surface area contributed by atoms with E-state index in [4.69, 9.17) is 4.52 Å². The average Bonchev–Trinajstić information content (AvgIpc) is 2.61. The van der Waals surface area contributed by atoms with Crippen molar-refractivity contribution in [3.05, 3.63) is 17.5 Å². The Morgan fingerprint density at radius 2 is 2.17 bits per heavy atom. The summed E-state index contributed by atoms with van der Waals surface area (Å²) in [6.07, 6.45) is 4.32. The molecule has 0 bridgehead atoms. The smallest absolute Gasteiger partial charge is 0.127 e. The second kappa shape index (κ2) is 2.35. The molecule has 12 heavy (non-hydrogen) atoms. The van der Waals surface area contributed by atoms with Gasteiger partial charge in [0.15, 0.2) is 0 Å². The van der Waals surface area contributed by atoms with Crippen molar-refractivity contribution in [2.45, 2.75) is 44.9 Å². The van der Waals surface area contributed by atoms with Gasteiger partial charge in [-0.05, 0) is 18.8 Å². The Bertz CT molecular complexity index is 284. The predicted molar refractivity (Wildman–Crippen MR) is 47.2 cm³/mol. The van der Waals surface area contributed by atoms with Gasteiger partial charge in [0, 0.05) is 11.0 Å². The molecule has 1 saturated carbocycles. The summed E-state index contributed by atoms with van der Waals surface area (Å²) in [5, 5.41) is 4.10. The maximum Gasteiger partial charge on any atom is 0.127 e. The molecule has 1 fully saturated rings. The zero-order valence-corrected chi connectivity index (χ0v) is 7.92. The number of rotatable bonds is 2. The van der Waals surface area contributed by atoms with Crippen LogP contribution in [0.25, 0.3) is 0 Å². The van der Waals surface area contributed by atoms with Gasteiger partial charge in [0.2, 0.25) is 0 Å². The third-order valence-corrected chi connectivity index (χ3v) is 2.79. The van der Waals surface area contributed by atoms with Crippen LogP contribution in [0, 0.1) is 0 Å². The summed E-state index contributed by atoms with van der Waals surface area (Å²) in [7, 11) is 0. The van der Waals surface area contributed by atoms with E-state index in [-0.39, 0.29) is 0 Å². The highest BCUT2D eigenvalue weighted by atomic mass is 16.5. The lowest BCUT2D eigenvalue weighted by Gasteiger charge is -2.08. The normalized spacial score (nSPS) is 20.0. The van der Waals surface area contributed by atoms with Crippen LogP contribution in [0.3, 0.4) is 0 Å². The quantitative estimate of drug-likeness (QED) is 0.673. The Morgan fingerprint density at radius 1 is 1.50 bits per heavy atom. The summed E-state index contributed by atoms with van der Waals surface area (Å²) >= 11 is 0. The molecule has 0 radical (unpaired) electrons. The van der Waals surface area contributed by atoms with Gasteiger partial charge in [0.1, 0.15) is 6.26 Å². The molecule has 2 nitrogen and oxygen atoms in total. The van der Waals surface area contributed by atoms with Crippen molar-refractivity contribution in [1.82, 2.24) is 5.16 Å². The van der Waals surface area contributed by atoms with Crippen molar-refractivity contribution in [2.24, 2.45) is 0 Å². The Kier molecular flexibility index (Phi) is 1.53. The summed E-state index contributed by atoms with van der Waals surface area (Å²) in [5.41, 5.74) is 2.82. The number of aromatic nitrogens is 1. The first-order chi connectivity index (χ1) is 5.63. The van der Waals surface area contributed by atoms with Crippen LogP contribution in [0.15, 0.2) is 10.8 Å². The van der Waals surface area contributed by atoms with E-state index in [2.05, 4.69) is 25.9 Å². The van der Waals surface area contributed by atoms with Gasteiger partial charge in [-0.15, -0.1) is 0 Å². The van der Waals surface area contributed by atoms with Crippen LogP contribution < -0.4 is 0 Å². The van der Waals surface area contributed by atoms with Crippen molar-refractivity contribution in [2.75, 3.05) is 0 Å². The lowest BCUT2D eigenvalue weighted by Crippen LogP contribution is -2.04.